The molecule has 6 nitrogen and oxygen atoms in total. The van der Waals surface area contributed by atoms with E-state index in [4.69, 9.17) is 18.0 Å². The van der Waals surface area contributed by atoms with Crippen LogP contribution < -0.4 is 16.0 Å². The summed E-state index contributed by atoms with van der Waals surface area (Å²) in [6, 6.07) is 1.62. The molecule has 0 aromatic carbocycles. The number of carbonyl (C=O) groups is 1. The number of hydrogen-bond acceptors (Lipinski definition) is 5. The molecule has 0 aliphatic rings. The molecule has 0 radical (unpaired) electrons. The number of amides is 1. The van der Waals surface area contributed by atoms with Gasteiger partial charge in [0.05, 0.1) is 6.54 Å². The van der Waals surface area contributed by atoms with E-state index in [1.807, 2.05) is 0 Å². The van der Waals surface area contributed by atoms with E-state index in [0.717, 1.165) is 0 Å². The Bertz CT molecular complexity index is 409. The van der Waals surface area contributed by atoms with Crippen molar-refractivity contribution >= 4 is 29.1 Å². The number of thiocarbonyl (C=S) groups is 1. The van der Waals surface area contributed by atoms with Gasteiger partial charge in [-0.2, -0.15) is 0 Å². The Balaban J connectivity index is 2.83. The van der Waals surface area contributed by atoms with Crippen molar-refractivity contribution in [2.45, 2.75) is 0 Å². The van der Waals surface area contributed by atoms with Crippen molar-refractivity contribution in [1.29, 1.82) is 0 Å². The lowest BCUT2D eigenvalue weighted by Gasteiger charge is -2.15. The van der Waals surface area contributed by atoms with E-state index in [1.165, 1.54) is 0 Å². The van der Waals surface area contributed by atoms with E-state index in [1.54, 1.807) is 31.3 Å². The maximum atomic E-state index is 11.2. The normalized spacial score (nSPS) is 9.62. The predicted molar refractivity (Wildman–Crippen MR) is 65.3 cm³/mol. The number of rotatable bonds is 4. The van der Waals surface area contributed by atoms with Gasteiger partial charge in [0.15, 0.2) is 0 Å². The smallest absolute Gasteiger partial charge is 0.239 e. The molecule has 0 spiro atoms. The van der Waals surface area contributed by atoms with Crippen LogP contribution in [0.3, 0.4) is 0 Å². The third-order valence-corrected chi connectivity index (χ3v) is 2.11. The van der Waals surface area contributed by atoms with Crippen LogP contribution in [0.5, 0.6) is 0 Å². The second-order valence-corrected chi connectivity index (χ2v) is 3.58. The summed E-state index contributed by atoms with van der Waals surface area (Å²) < 4.78 is 0. The molecule has 7 heteroatoms. The highest BCUT2D eigenvalue weighted by Gasteiger charge is 2.09. The van der Waals surface area contributed by atoms with Crippen molar-refractivity contribution < 1.29 is 4.79 Å². The van der Waals surface area contributed by atoms with Gasteiger partial charge in [0.25, 0.3) is 0 Å². The lowest BCUT2D eigenvalue weighted by Crippen LogP contribution is -2.34. The molecule has 1 rings (SSSR count). The van der Waals surface area contributed by atoms with Crippen molar-refractivity contribution in [2.75, 3.05) is 25.5 Å². The van der Waals surface area contributed by atoms with Gasteiger partial charge in [0.1, 0.15) is 10.7 Å². The molecule has 0 atom stereocenters. The number of nitrogens with zero attached hydrogens (tertiary/aromatic N) is 3. The van der Waals surface area contributed by atoms with Gasteiger partial charge in [0.2, 0.25) is 11.9 Å². The number of carbonyl (C=O) groups excluding carboxylic acids is 1. The number of likely N-dealkylation sites (N-methyl/N-ethyl adjacent to an activating group) is 2. The average Bonchev–Trinajstić information content (AvgIpc) is 2.28. The van der Waals surface area contributed by atoms with Crippen LogP contribution in [0.4, 0.5) is 5.95 Å². The first-order valence-corrected chi connectivity index (χ1v) is 5.00. The quantitative estimate of drug-likeness (QED) is 0.675. The summed E-state index contributed by atoms with van der Waals surface area (Å²) in [5, 5.41) is 2.52. The highest BCUT2D eigenvalue weighted by Crippen LogP contribution is 2.04. The van der Waals surface area contributed by atoms with E-state index in [9.17, 15) is 4.79 Å². The van der Waals surface area contributed by atoms with Gasteiger partial charge < -0.3 is 16.0 Å². The van der Waals surface area contributed by atoms with Crippen molar-refractivity contribution in [3.8, 4) is 0 Å². The molecule has 1 heterocycles. The first kappa shape index (κ1) is 12.3. The molecule has 86 valence electrons. The number of hydrogen-bond donors (Lipinski definition) is 2. The van der Waals surface area contributed by atoms with Crippen LogP contribution in [0.15, 0.2) is 12.3 Å². The third-order valence-electron chi connectivity index (χ3n) is 1.90. The maximum absolute atomic E-state index is 11.2. The van der Waals surface area contributed by atoms with Gasteiger partial charge in [0, 0.05) is 20.3 Å². The summed E-state index contributed by atoms with van der Waals surface area (Å²) >= 11 is 4.81. The fourth-order valence-electron chi connectivity index (χ4n) is 1.03. The Hall–Kier alpha value is -1.76. The van der Waals surface area contributed by atoms with E-state index in [2.05, 4.69) is 15.3 Å². The van der Waals surface area contributed by atoms with Gasteiger partial charge in [-0.3, -0.25) is 4.79 Å². The second-order valence-electron chi connectivity index (χ2n) is 3.14. The van der Waals surface area contributed by atoms with Crippen LogP contribution >= 0.6 is 12.2 Å². The fourth-order valence-corrected chi connectivity index (χ4v) is 1.15. The summed E-state index contributed by atoms with van der Waals surface area (Å²) in [4.78, 5) is 21.1. The van der Waals surface area contributed by atoms with Crippen LogP contribution in [0.25, 0.3) is 0 Å². The summed E-state index contributed by atoms with van der Waals surface area (Å²) in [5.41, 5.74) is 5.94. The Morgan fingerprint density at radius 1 is 1.69 bits per heavy atom. The zero-order valence-electron chi connectivity index (χ0n) is 9.10. The highest BCUT2D eigenvalue weighted by molar-refractivity contribution is 7.80. The Kier molecular flexibility index (Phi) is 4.12. The summed E-state index contributed by atoms with van der Waals surface area (Å²) in [7, 11) is 3.29. The predicted octanol–water partition coefficient (Wildman–Crippen LogP) is -0.707. The molecule has 3 N–H and O–H groups in total. The van der Waals surface area contributed by atoms with E-state index >= 15 is 0 Å². The zero-order valence-corrected chi connectivity index (χ0v) is 9.91. The molecule has 0 aliphatic carbocycles. The summed E-state index contributed by atoms with van der Waals surface area (Å²) in [6.45, 7) is 0.178. The van der Waals surface area contributed by atoms with Crippen molar-refractivity contribution in [3.05, 3.63) is 18.0 Å². The monoisotopic (exact) mass is 239 g/mol. The molecule has 0 unspecified atom stereocenters. The Morgan fingerprint density at radius 2 is 2.38 bits per heavy atom. The molecule has 0 aliphatic heterocycles. The van der Waals surface area contributed by atoms with E-state index in [0.29, 0.717) is 11.6 Å². The topological polar surface area (TPSA) is 84.1 Å². The summed E-state index contributed by atoms with van der Waals surface area (Å²) in [5.74, 6) is 0.292. The molecule has 1 aromatic rings. The number of anilines is 1. The minimum absolute atomic E-state index is 0.119. The molecule has 0 saturated heterocycles. The molecule has 16 heavy (non-hydrogen) atoms. The lowest BCUT2D eigenvalue weighted by atomic mass is 10.4. The molecule has 0 saturated carbocycles. The zero-order chi connectivity index (χ0) is 12.1. The first-order valence-electron chi connectivity index (χ1n) is 4.59. The van der Waals surface area contributed by atoms with Gasteiger partial charge >= 0.3 is 0 Å². The first-order chi connectivity index (χ1) is 7.54. The van der Waals surface area contributed by atoms with Crippen LogP contribution in [0.1, 0.15) is 5.69 Å². The molecular weight excluding hydrogens is 226 g/mol. The second kappa shape index (κ2) is 5.36. The standard InChI is InChI=1S/C9H13N5OS/c1-11-7(15)5-14(2)9-12-4-3-6(13-9)8(10)16/h3-4H,5H2,1-2H3,(H2,10,16)(H,11,15). The van der Waals surface area contributed by atoms with Crippen LogP contribution in [-0.2, 0) is 4.79 Å². The molecule has 0 fully saturated rings. The minimum atomic E-state index is -0.119. The average molecular weight is 239 g/mol. The van der Waals surface area contributed by atoms with Crippen LogP contribution in [0.2, 0.25) is 0 Å². The van der Waals surface area contributed by atoms with Gasteiger partial charge in [-0.05, 0) is 6.07 Å². The van der Waals surface area contributed by atoms with E-state index < -0.39 is 0 Å². The molecule has 1 aromatic heterocycles. The van der Waals surface area contributed by atoms with Gasteiger partial charge in [-0.15, -0.1) is 0 Å². The Labute approximate surface area is 98.9 Å². The number of nitrogens with two attached hydrogens (primary N) is 1. The minimum Gasteiger partial charge on any atom is -0.388 e. The molecule has 0 bridgehead atoms. The maximum Gasteiger partial charge on any atom is 0.239 e. The van der Waals surface area contributed by atoms with E-state index in [-0.39, 0.29) is 17.4 Å². The SMILES string of the molecule is CNC(=O)CN(C)c1nccc(C(N)=S)n1. The van der Waals surface area contributed by atoms with Gasteiger partial charge in [-0.25, -0.2) is 9.97 Å². The summed E-state index contributed by atoms with van der Waals surface area (Å²) in [6.07, 6.45) is 1.55. The Morgan fingerprint density at radius 3 is 2.94 bits per heavy atom. The number of nitrogens with one attached hydrogen (secondary N) is 1. The van der Waals surface area contributed by atoms with Gasteiger partial charge in [-0.1, -0.05) is 12.2 Å². The van der Waals surface area contributed by atoms with Crippen LogP contribution in [0, 0.1) is 0 Å². The lowest BCUT2D eigenvalue weighted by molar-refractivity contribution is -0.119. The van der Waals surface area contributed by atoms with Crippen molar-refractivity contribution in [3.63, 3.8) is 0 Å². The van der Waals surface area contributed by atoms with Crippen molar-refractivity contribution in [1.82, 2.24) is 15.3 Å². The molecule has 1 amide bonds. The molecular formula is C9H13N5OS. The highest BCUT2D eigenvalue weighted by atomic mass is 32.1. The number of aromatic nitrogens is 2. The van der Waals surface area contributed by atoms with Crippen molar-refractivity contribution in [2.24, 2.45) is 5.73 Å². The third kappa shape index (κ3) is 3.13. The largest absolute Gasteiger partial charge is 0.388 e. The fraction of sp³-hybridized carbons (Fsp3) is 0.333. The van der Waals surface area contributed by atoms with Crippen LogP contribution in [-0.4, -0.2) is 41.5 Å².